The molecule has 1 aliphatic carbocycles. The first kappa shape index (κ1) is 14.3. The van der Waals surface area contributed by atoms with Crippen LogP contribution in [0.25, 0.3) is 0 Å². The zero-order valence-corrected chi connectivity index (χ0v) is 11.3. The van der Waals surface area contributed by atoms with Gasteiger partial charge in [0.2, 0.25) is 0 Å². The van der Waals surface area contributed by atoms with E-state index in [2.05, 4.69) is 5.32 Å². The van der Waals surface area contributed by atoms with E-state index in [4.69, 9.17) is 10.5 Å². The van der Waals surface area contributed by atoms with E-state index in [0.29, 0.717) is 6.54 Å². The maximum absolute atomic E-state index is 11.4. The van der Waals surface area contributed by atoms with Crippen molar-refractivity contribution < 1.29 is 9.53 Å². The molecule has 3 N–H and O–H groups in total. The molecule has 0 unspecified atom stereocenters. The normalized spacial score (nSPS) is 19.8. The van der Waals surface area contributed by atoms with Crippen LogP contribution in [0, 0.1) is 0 Å². The summed E-state index contributed by atoms with van der Waals surface area (Å²) in [4.78, 5) is 11.4. The zero-order valence-electron chi connectivity index (χ0n) is 11.3. The number of hydrogen-bond donors (Lipinski definition) is 2. The number of nitrogens with two attached hydrogens (primary N) is 1. The zero-order chi connectivity index (χ0) is 12.9. The number of hydrogen-bond acceptors (Lipinski definition) is 3. The summed E-state index contributed by atoms with van der Waals surface area (Å²) in [6.45, 7) is 6.18. The summed E-state index contributed by atoms with van der Waals surface area (Å²) in [5.74, 6) is 0. The van der Waals surface area contributed by atoms with E-state index >= 15 is 0 Å². The van der Waals surface area contributed by atoms with Crippen LogP contribution in [-0.2, 0) is 4.74 Å². The summed E-state index contributed by atoms with van der Waals surface area (Å²) in [5.41, 5.74) is 5.77. The molecule has 0 heterocycles. The summed E-state index contributed by atoms with van der Waals surface area (Å²) in [5, 5.41) is 2.77. The van der Waals surface area contributed by atoms with Crippen molar-refractivity contribution in [2.45, 2.75) is 70.4 Å². The lowest BCUT2D eigenvalue weighted by Crippen LogP contribution is -2.45. The molecule has 0 aliphatic heterocycles. The topological polar surface area (TPSA) is 64.3 Å². The predicted molar refractivity (Wildman–Crippen MR) is 68.9 cm³/mol. The van der Waals surface area contributed by atoms with E-state index in [1.54, 1.807) is 0 Å². The Hall–Kier alpha value is -0.770. The standard InChI is InChI=1S/C13H26N2O2/c1-12(2,3)17-11(16)15-10-9-13(14)7-5-4-6-8-13/h4-10,14H2,1-3H3,(H,15,16). The summed E-state index contributed by atoms with van der Waals surface area (Å²) < 4.78 is 5.17. The van der Waals surface area contributed by atoms with Crippen LogP contribution in [0.15, 0.2) is 0 Å². The average Bonchev–Trinajstić information content (AvgIpc) is 2.15. The van der Waals surface area contributed by atoms with Crippen molar-refractivity contribution >= 4 is 6.09 Å². The quantitative estimate of drug-likeness (QED) is 0.799. The lowest BCUT2D eigenvalue weighted by molar-refractivity contribution is 0.0522. The molecule has 0 radical (unpaired) electrons. The Morgan fingerprint density at radius 3 is 2.41 bits per heavy atom. The highest BCUT2D eigenvalue weighted by atomic mass is 16.6. The molecule has 0 bridgehead atoms. The van der Waals surface area contributed by atoms with E-state index in [-0.39, 0.29) is 11.6 Å². The van der Waals surface area contributed by atoms with Gasteiger partial charge in [-0.1, -0.05) is 19.3 Å². The van der Waals surface area contributed by atoms with Crippen molar-refractivity contribution in [2.24, 2.45) is 5.73 Å². The molecule has 4 nitrogen and oxygen atoms in total. The van der Waals surface area contributed by atoms with Crippen LogP contribution in [0.3, 0.4) is 0 Å². The van der Waals surface area contributed by atoms with E-state index in [9.17, 15) is 4.79 Å². The number of amides is 1. The largest absolute Gasteiger partial charge is 0.444 e. The Labute approximate surface area is 104 Å². The van der Waals surface area contributed by atoms with Gasteiger partial charge in [-0.2, -0.15) is 0 Å². The van der Waals surface area contributed by atoms with Gasteiger partial charge in [-0.3, -0.25) is 0 Å². The van der Waals surface area contributed by atoms with E-state index in [1.165, 1.54) is 19.3 Å². The van der Waals surface area contributed by atoms with Gasteiger partial charge >= 0.3 is 6.09 Å². The van der Waals surface area contributed by atoms with E-state index in [1.807, 2.05) is 20.8 Å². The minimum atomic E-state index is -0.435. The second kappa shape index (κ2) is 5.71. The molecule has 4 heteroatoms. The molecule has 1 fully saturated rings. The molecule has 17 heavy (non-hydrogen) atoms. The first-order valence-corrected chi connectivity index (χ1v) is 6.57. The van der Waals surface area contributed by atoms with Gasteiger partial charge in [0.05, 0.1) is 0 Å². The number of ether oxygens (including phenoxy) is 1. The van der Waals surface area contributed by atoms with Crippen LogP contribution in [0.2, 0.25) is 0 Å². The van der Waals surface area contributed by atoms with Gasteiger partial charge in [0.1, 0.15) is 5.60 Å². The van der Waals surface area contributed by atoms with Gasteiger partial charge < -0.3 is 15.8 Å². The maximum Gasteiger partial charge on any atom is 0.407 e. The number of carbonyl (C=O) groups excluding carboxylic acids is 1. The Morgan fingerprint density at radius 2 is 1.88 bits per heavy atom. The highest BCUT2D eigenvalue weighted by Gasteiger charge is 2.27. The Bertz CT molecular complexity index is 253. The second-order valence-electron chi connectivity index (χ2n) is 6.10. The molecule has 0 spiro atoms. The summed E-state index contributed by atoms with van der Waals surface area (Å²) in [7, 11) is 0. The SMILES string of the molecule is CC(C)(C)OC(=O)NCCC1(N)CCCCC1. The van der Waals surface area contributed by atoms with Crippen molar-refractivity contribution in [1.82, 2.24) is 5.32 Å². The van der Waals surface area contributed by atoms with Crippen LogP contribution in [0.1, 0.15) is 59.3 Å². The molecule has 0 aromatic rings. The summed E-state index contributed by atoms with van der Waals surface area (Å²) in [6, 6.07) is 0. The fraction of sp³-hybridized carbons (Fsp3) is 0.923. The fourth-order valence-electron chi connectivity index (χ4n) is 2.23. The van der Waals surface area contributed by atoms with Gasteiger partial charge in [-0.25, -0.2) is 4.79 Å². The highest BCUT2D eigenvalue weighted by molar-refractivity contribution is 5.67. The third kappa shape index (κ3) is 5.91. The first-order chi connectivity index (χ1) is 7.81. The predicted octanol–water partition coefficient (Wildman–Crippen LogP) is 2.56. The average molecular weight is 242 g/mol. The van der Waals surface area contributed by atoms with Crippen LogP contribution in [-0.4, -0.2) is 23.8 Å². The smallest absolute Gasteiger partial charge is 0.407 e. The Balaban J connectivity index is 2.20. The molecule has 1 saturated carbocycles. The first-order valence-electron chi connectivity index (χ1n) is 6.57. The van der Waals surface area contributed by atoms with Crippen LogP contribution in [0.5, 0.6) is 0 Å². The monoisotopic (exact) mass is 242 g/mol. The van der Waals surface area contributed by atoms with Gasteiger partial charge in [-0.15, -0.1) is 0 Å². The second-order valence-corrected chi connectivity index (χ2v) is 6.10. The number of nitrogens with one attached hydrogen (secondary N) is 1. The molecular formula is C13H26N2O2. The number of carbonyl (C=O) groups is 1. The minimum absolute atomic E-state index is 0.0761. The van der Waals surface area contributed by atoms with Crippen LogP contribution in [0.4, 0.5) is 4.79 Å². The molecule has 1 rings (SSSR count). The Morgan fingerprint density at radius 1 is 1.29 bits per heavy atom. The molecule has 0 aromatic carbocycles. The molecule has 100 valence electrons. The van der Waals surface area contributed by atoms with Crippen molar-refractivity contribution in [2.75, 3.05) is 6.54 Å². The molecule has 0 atom stereocenters. The van der Waals surface area contributed by atoms with Crippen molar-refractivity contribution in [3.05, 3.63) is 0 Å². The van der Waals surface area contributed by atoms with Crippen LogP contribution >= 0.6 is 0 Å². The van der Waals surface area contributed by atoms with Crippen molar-refractivity contribution in [1.29, 1.82) is 0 Å². The van der Waals surface area contributed by atoms with Crippen LogP contribution < -0.4 is 11.1 Å². The van der Waals surface area contributed by atoms with Crippen molar-refractivity contribution in [3.63, 3.8) is 0 Å². The Kier molecular flexibility index (Phi) is 4.80. The maximum atomic E-state index is 11.4. The van der Waals surface area contributed by atoms with Gasteiger partial charge in [0.25, 0.3) is 0 Å². The fourth-order valence-corrected chi connectivity index (χ4v) is 2.23. The number of rotatable bonds is 3. The third-order valence-electron chi connectivity index (χ3n) is 3.14. The van der Waals surface area contributed by atoms with Crippen molar-refractivity contribution in [3.8, 4) is 0 Å². The summed E-state index contributed by atoms with van der Waals surface area (Å²) >= 11 is 0. The molecule has 0 aromatic heterocycles. The molecule has 1 aliphatic rings. The minimum Gasteiger partial charge on any atom is -0.444 e. The lowest BCUT2D eigenvalue weighted by atomic mass is 9.80. The van der Waals surface area contributed by atoms with E-state index < -0.39 is 5.60 Å². The molecular weight excluding hydrogens is 216 g/mol. The van der Waals surface area contributed by atoms with Gasteiger partial charge in [0, 0.05) is 12.1 Å². The summed E-state index contributed by atoms with van der Waals surface area (Å²) in [6.07, 6.45) is 6.35. The molecule has 1 amide bonds. The lowest BCUT2D eigenvalue weighted by Gasteiger charge is -2.33. The van der Waals surface area contributed by atoms with E-state index in [0.717, 1.165) is 19.3 Å². The third-order valence-corrected chi connectivity index (χ3v) is 3.14. The van der Waals surface area contributed by atoms with Gasteiger partial charge in [0.15, 0.2) is 0 Å². The molecule has 0 saturated heterocycles. The number of alkyl carbamates (subject to hydrolysis) is 1. The van der Waals surface area contributed by atoms with Gasteiger partial charge in [-0.05, 0) is 40.0 Å². The highest BCUT2D eigenvalue weighted by Crippen LogP contribution is 2.28.